The fourth-order valence-corrected chi connectivity index (χ4v) is 4.07. The number of carbonyl (C=O) groups excluding carboxylic acids is 2. The van der Waals surface area contributed by atoms with E-state index in [0.717, 1.165) is 0 Å². The first kappa shape index (κ1) is 15.7. The normalized spacial score (nSPS) is 17.6. The first-order valence-corrected chi connectivity index (χ1v) is 8.96. The number of ketones is 1. The van der Waals surface area contributed by atoms with E-state index in [1.807, 2.05) is 0 Å². The summed E-state index contributed by atoms with van der Waals surface area (Å²) in [6.45, 7) is 1.76. The van der Waals surface area contributed by atoms with E-state index in [1.165, 1.54) is 33.8 Å². The van der Waals surface area contributed by atoms with Crippen molar-refractivity contribution in [1.82, 2.24) is 10.2 Å². The monoisotopic (exact) mass is 373 g/mol. The van der Waals surface area contributed by atoms with Crippen LogP contribution < -0.4 is 4.90 Å². The number of anilines is 1. The van der Waals surface area contributed by atoms with Gasteiger partial charge in [-0.05, 0) is 30.5 Å². The molecule has 0 spiro atoms. The number of hydrogen-bond donors (Lipinski definition) is 1. The molecule has 1 aliphatic heterocycles. The zero-order chi connectivity index (χ0) is 17.6. The van der Waals surface area contributed by atoms with Gasteiger partial charge in [-0.15, -0.1) is 21.5 Å². The van der Waals surface area contributed by atoms with Crippen molar-refractivity contribution in [2.24, 2.45) is 0 Å². The Hall–Kier alpha value is -2.78. The quantitative estimate of drug-likeness (QED) is 0.705. The van der Waals surface area contributed by atoms with Gasteiger partial charge in [0.2, 0.25) is 10.9 Å². The topological polar surface area (TPSA) is 96.5 Å². The number of aliphatic hydroxyl groups is 1. The van der Waals surface area contributed by atoms with Gasteiger partial charge in [0.1, 0.15) is 16.8 Å². The van der Waals surface area contributed by atoms with E-state index in [9.17, 15) is 14.7 Å². The van der Waals surface area contributed by atoms with Gasteiger partial charge in [-0.1, -0.05) is 17.4 Å². The molecule has 4 heterocycles. The van der Waals surface area contributed by atoms with Crippen LogP contribution in [-0.2, 0) is 4.79 Å². The number of thiophene rings is 1. The maximum Gasteiger partial charge on any atom is 0.296 e. The largest absolute Gasteiger partial charge is 0.503 e. The third-order valence-corrected chi connectivity index (χ3v) is 5.44. The number of Topliss-reactive ketones (excluding diaryl/α,β-unsaturated/α-hetero) is 1. The van der Waals surface area contributed by atoms with Crippen LogP contribution in [-0.4, -0.2) is 27.0 Å². The van der Waals surface area contributed by atoms with Crippen LogP contribution in [0.4, 0.5) is 5.13 Å². The number of furan rings is 1. The van der Waals surface area contributed by atoms with Crippen LogP contribution in [0.2, 0.25) is 0 Å². The zero-order valence-corrected chi connectivity index (χ0v) is 14.5. The van der Waals surface area contributed by atoms with Crippen LogP contribution in [0.25, 0.3) is 0 Å². The first-order valence-electron chi connectivity index (χ1n) is 7.26. The Morgan fingerprint density at radius 3 is 2.76 bits per heavy atom. The average molecular weight is 373 g/mol. The number of carbonyl (C=O) groups is 2. The van der Waals surface area contributed by atoms with Crippen molar-refractivity contribution >= 4 is 39.5 Å². The molecular weight excluding hydrogens is 362 g/mol. The number of rotatable bonds is 4. The van der Waals surface area contributed by atoms with Gasteiger partial charge in [0.05, 0.1) is 16.7 Å². The van der Waals surface area contributed by atoms with Crippen molar-refractivity contribution < 1.29 is 19.1 Å². The molecule has 0 bridgehead atoms. The molecule has 0 aliphatic carbocycles. The molecule has 4 rings (SSSR count). The molecule has 25 heavy (non-hydrogen) atoms. The second kappa shape index (κ2) is 5.94. The molecule has 0 aromatic carbocycles. The lowest BCUT2D eigenvalue weighted by Gasteiger charge is -2.21. The Morgan fingerprint density at radius 2 is 2.16 bits per heavy atom. The molecule has 1 N–H and O–H groups in total. The van der Waals surface area contributed by atoms with Gasteiger partial charge in [-0.25, -0.2) is 0 Å². The average Bonchev–Trinajstić information content (AvgIpc) is 3.36. The van der Waals surface area contributed by atoms with Crippen LogP contribution in [0.3, 0.4) is 0 Å². The van der Waals surface area contributed by atoms with Crippen molar-refractivity contribution in [3.05, 3.63) is 62.9 Å². The maximum atomic E-state index is 12.9. The molecule has 0 saturated heterocycles. The molecule has 3 aromatic rings. The van der Waals surface area contributed by atoms with Gasteiger partial charge < -0.3 is 9.52 Å². The van der Waals surface area contributed by atoms with Crippen molar-refractivity contribution in [1.29, 1.82) is 0 Å². The molecule has 0 saturated carbocycles. The van der Waals surface area contributed by atoms with E-state index in [4.69, 9.17) is 4.42 Å². The SMILES string of the molecule is Cc1nnc(N2C(=O)C(O)=C(C(=O)c3cccs3)C2c2ccco2)s1. The standard InChI is InChI=1S/C16H11N3O4S2/c1-8-17-18-16(25-8)19-12(9-4-2-6-23-9)11(14(21)15(19)22)13(20)10-5-3-7-24-10/h2-7,12,21H,1H3. The fraction of sp³-hybridized carbons (Fsp3) is 0.125. The van der Waals surface area contributed by atoms with Crippen LogP contribution >= 0.6 is 22.7 Å². The van der Waals surface area contributed by atoms with Gasteiger partial charge in [-0.3, -0.25) is 14.5 Å². The van der Waals surface area contributed by atoms with E-state index in [2.05, 4.69) is 10.2 Å². The molecule has 1 unspecified atom stereocenters. The van der Waals surface area contributed by atoms with Gasteiger partial charge >= 0.3 is 0 Å². The molecule has 126 valence electrons. The van der Waals surface area contributed by atoms with Gasteiger partial charge in [-0.2, -0.15) is 0 Å². The number of nitrogens with zero attached hydrogens (tertiary/aromatic N) is 3. The predicted octanol–water partition coefficient (Wildman–Crippen LogP) is 3.28. The molecule has 1 aliphatic rings. The van der Waals surface area contributed by atoms with Gasteiger partial charge in [0.15, 0.2) is 5.76 Å². The molecule has 0 radical (unpaired) electrons. The Kier molecular flexibility index (Phi) is 3.74. The summed E-state index contributed by atoms with van der Waals surface area (Å²) in [5.41, 5.74) is -0.0183. The Morgan fingerprint density at radius 1 is 1.32 bits per heavy atom. The summed E-state index contributed by atoms with van der Waals surface area (Å²) in [5.74, 6) is -1.33. The summed E-state index contributed by atoms with van der Waals surface area (Å²) in [4.78, 5) is 27.2. The fourth-order valence-electron chi connectivity index (χ4n) is 2.67. The van der Waals surface area contributed by atoms with Crippen LogP contribution in [0.1, 0.15) is 26.5 Å². The molecule has 1 amide bonds. The Bertz CT molecular complexity index is 973. The highest BCUT2D eigenvalue weighted by molar-refractivity contribution is 7.15. The minimum atomic E-state index is -0.885. The van der Waals surface area contributed by atoms with Gasteiger partial charge in [0.25, 0.3) is 5.91 Å². The Labute approximate surface area is 149 Å². The summed E-state index contributed by atoms with van der Waals surface area (Å²) in [6, 6.07) is 5.81. The highest BCUT2D eigenvalue weighted by atomic mass is 32.1. The van der Waals surface area contributed by atoms with E-state index < -0.39 is 23.5 Å². The minimum absolute atomic E-state index is 0.0183. The lowest BCUT2D eigenvalue weighted by atomic mass is 10.0. The number of amides is 1. The molecule has 9 heteroatoms. The summed E-state index contributed by atoms with van der Waals surface area (Å²) in [7, 11) is 0. The second-order valence-electron chi connectivity index (χ2n) is 5.27. The maximum absolute atomic E-state index is 12.9. The lowest BCUT2D eigenvalue weighted by Crippen LogP contribution is -2.30. The van der Waals surface area contributed by atoms with Crippen molar-refractivity contribution in [2.45, 2.75) is 13.0 Å². The summed E-state index contributed by atoms with van der Waals surface area (Å²) in [6.07, 6.45) is 1.45. The number of hydrogen-bond acceptors (Lipinski definition) is 8. The van der Waals surface area contributed by atoms with Gasteiger partial charge in [0, 0.05) is 0 Å². The van der Waals surface area contributed by atoms with Crippen LogP contribution in [0, 0.1) is 6.92 Å². The van der Waals surface area contributed by atoms with E-state index in [1.54, 1.807) is 36.6 Å². The van der Waals surface area contributed by atoms with Crippen LogP contribution in [0.5, 0.6) is 0 Å². The first-order chi connectivity index (χ1) is 12.1. The smallest absolute Gasteiger partial charge is 0.296 e. The second-order valence-corrected chi connectivity index (χ2v) is 7.37. The molecule has 1 atom stereocenters. The number of aryl methyl sites for hydroxylation is 1. The third-order valence-electron chi connectivity index (χ3n) is 3.73. The van der Waals surface area contributed by atoms with Crippen molar-refractivity contribution in [3.63, 3.8) is 0 Å². The molecule has 0 fully saturated rings. The molecular formula is C16H11N3O4S2. The van der Waals surface area contributed by atoms with Crippen LogP contribution in [0.15, 0.2) is 51.7 Å². The van der Waals surface area contributed by atoms with E-state index in [0.29, 0.717) is 20.8 Å². The van der Waals surface area contributed by atoms with E-state index >= 15 is 0 Å². The summed E-state index contributed by atoms with van der Waals surface area (Å²) in [5, 5.41) is 21.0. The lowest BCUT2D eigenvalue weighted by molar-refractivity contribution is -0.117. The Balaban J connectivity index is 1.86. The highest BCUT2D eigenvalue weighted by Crippen LogP contribution is 2.43. The van der Waals surface area contributed by atoms with Crippen molar-refractivity contribution in [2.75, 3.05) is 4.90 Å². The number of aliphatic hydroxyl groups excluding tert-OH is 1. The van der Waals surface area contributed by atoms with Crippen molar-refractivity contribution in [3.8, 4) is 0 Å². The summed E-state index contributed by atoms with van der Waals surface area (Å²) < 4.78 is 5.44. The number of aromatic nitrogens is 2. The predicted molar refractivity (Wildman–Crippen MR) is 91.9 cm³/mol. The highest BCUT2D eigenvalue weighted by Gasteiger charge is 2.47. The van der Waals surface area contributed by atoms with E-state index in [-0.39, 0.29) is 5.57 Å². The minimum Gasteiger partial charge on any atom is -0.503 e. The molecule has 7 nitrogen and oxygen atoms in total. The third kappa shape index (κ3) is 2.48. The molecule has 3 aromatic heterocycles. The zero-order valence-electron chi connectivity index (χ0n) is 12.9. The summed E-state index contributed by atoms with van der Waals surface area (Å²) >= 11 is 2.44.